The molecule has 1 atom stereocenters. The first kappa shape index (κ1) is 14.3. The molecule has 2 heterocycles. The molecule has 0 radical (unpaired) electrons. The number of aryl methyl sites for hydroxylation is 1. The third-order valence-corrected chi connectivity index (χ3v) is 4.73. The molecule has 1 aliphatic heterocycles. The zero-order valence-electron chi connectivity index (χ0n) is 12.9. The Bertz CT molecular complexity index is 653. The van der Waals surface area contributed by atoms with Crippen LogP contribution in [-0.2, 0) is 18.3 Å². The zero-order valence-corrected chi connectivity index (χ0v) is 12.9. The number of carbonyl (C=O) groups excluding carboxylic acids is 1. The van der Waals surface area contributed by atoms with Crippen molar-refractivity contribution in [3.63, 3.8) is 0 Å². The molecule has 1 N–H and O–H groups in total. The Morgan fingerprint density at radius 2 is 2.24 bits per heavy atom. The molecule has 1 unspecified atom stereocenters. The first-order valence-electron chi connectivity index (χ1n) is 7.81. The third kappa shape index (κ3) is 2.48. The topological polar surface area (TPSA) is 46.9 Å². The second-order valence-electron chi connectivity index (χ2n) is 6.14. The van der Waals surface area contributed by atoms with Gasteiger partial charge in [0.15, 0.2) is 0 Å². The fourth-order valence-corrected chi connectivity index (χ4v) is 3.57. The van der Waals surface area contributed by atoms with Crippen molar-refractivity contribution in [2.45, 2.75) is 32.6 Å². The number of nitrogens with one attached hydrogen (secondary N) is 1. The van der Waals surface area contributed by atoms with Gasteiger partial charge in [-0.05, 0) is 25.5 Å². The highest BCUT2D eigenvalue weighted by molar-refractivity contribution is 5.91. The van der Waals surface area contributed by atoms with Gasteiger partial charge in [-0.25, -0.2) is 0 Å². The molecule has 4 nitrogen and oxygen atoms in total. The summed E-state index contributed by atoms with van der Waals surface area (Å²) in [6.07, 6.45) is 3.44. The molecular formula is C17H23N3O. The maximum Gasteiger partial charge on any atom is 0.146 e. The van der Waals surface area contributed by atoms with Gasteiger partial charge in [0.25, 0.3) is 0 Å². The standard InChI is InChI=1S/C17H23N3O/c1-3-8-17(9-10-18-12-17)16(21)11-14-13-6-4-5-7-15(13)20(2)19-14/h4-7,18H,3,8-12H2,1-2H3. The molecule has 1 fully saturated rings. The molecule has 0 bridgehead atoms. The molecule has 0 spiro atoms. The molecule has 1 aliphatic rings. The van der Waals surface area contributed by atoms with Gasteiger partial charge in [-0.2, -0.15) is 5.10 Å². The smallest absolute Gasteiger partial charge is 0.146 e. The number of benzene rings is 1. The Labute approximate surface area is 125 Å². The van der Waals surface area contributed by atoms with Gasteiger partial charge in [0, 0.05) is 24.4 Å². The first-order chi connectivity index (χ1) is 10.2. The van der Waals surface area contributed by atoms with E-state index in [2.05, 4.69) is 29.5 Å². The molecule has 112 valence electrons. The molecule has 1 saturated heterocycles. The fraction of sp³-hybridized carbons (Fsp3) is 0.529. The minimum absolute atomic E-state index is 0.173. The van der Waals surface area contributed by atoms with E-state index in [1.807, 2.05) is 23.9 Å². The number of para-hydroxylation sites is 1. The van der Waals surface area contributed by atoms with Crippen molar-refractivity contribution in [3.05, 3.63) is 30.0 Å². The van der Waals surface area contributed by atoms with Crippen LogP contribution in [0.25, 0.3) is 10.9 Å². The van der Waals surface area contributed by atoms with E-state index < -0.39 is 0 Å². The largest absolute Gasteiger partial charge is 0.316 e. The molecule has 0 aliphatic carbocycles. The van der Waals surface area contributed by atoms with E-state index in [0.717, 1.165) is 48.9 Å². The molecular weight excluding hydrogens is 262 g/mol. The molecule has 2 aromatic rings. The highest BCUT2D eigenvalue weighted by Crippen LogP contribution is 2.34. The molecule has 21 heavy (non-hydrogen) atoms. The van der Waals surface area contributed by atoms with E-state index in [4.69, 9.17) is 0 Å². The van der Waals surface area contributed by atoms with E-state index in [9.17, 15) is 4.79 Å². The van der Waals surface area contributed by atoms with Crippen LogP contribution in [0.5, 0.6) is 0 Å². The van der Waals surface area contributed by atoms with Crippen molar-refractivity contribution in [3.8, 4) is 0 Å². The Kier molecular flexibility index (Phi) is 3.81. The van der Waals surface area contributed by atoms with Crippen LogP contribution in [-0.4, -0.2) is 28.7 Å². The van der Waals surface area contributed by atoms with Crippen LogP contribution in [0.4, 0.5) is 0 Å². The van der Waals surface area contributed by atoms with Crippen molar-refractivity contribution < 1.29 is 4.79 Å². The van der Waals surface area contributed by atoms with Crippen LogP contribution in [0.1, 0.15) is 31.9 Å². The number of Topliss-reactive ketones (excluding diaryl/α,β-unsaturated/α-hetero) is 1. The number of nitrogens with zero attached hydrogens (tertiary/aromatic N) is 2. The second-order valence-corrected chi connectivity index (χ2v) is 6.14. The Balaban J connectivity index is 1.89. The number of hydrogen-bond acceptors (Lipinski definition) is 3. The molecule has 0 amide bonds. The zero-order chi connectivity index (χ0) is 14.9. The van der Waals surface area contributed by atoms with Gasteiger partial charge >= 0.3 is 0 Å². The molecule has 1 aromatic carbocycles. The lowest BCUT2D eigenvalue weighted by Crippen LogP contribution is -2.34. The van der Waals surface area contributed by atoms with Crippen LogP contribution in [0.3, 0.4) is 0 Å². The lowest BCUT2D eigenvalue weighted by atomic mass is 9.77. The summed E-state index contributed by atoms with van der Waals surface area (Å²) in [5, 5.41) is 9.03. The van der Waals surface area contributed by atoms with Crippen molar-refractivity contribution in [2.24, 2.45) is 12.5 Å². The number of aromatic nitrogens is 2. The van der Waals surface area contributed by atoms with Gasteiger partial charge in [0.2, 0.25) is 0 Å². The van der Waals surface area contributed by atoms with Gasteiger partial charge in [0.05, 0.1) is 17.6 Å². The summed E-state index contributed by atoms with van der Waals surface area (Å²) in [4.78, 5) is 12.9. The van der Waals surface area contributed by atoms with E-state index in [1.165, 1.54) is 0 Å². The van der Waals surface area contributed by atoms with Gasteiger partial charge in [0.1, 0.15) is 5.78 Å². The van der Waals surface area contributed by atoms with Crippen LogP contribution in [0.15, 0.2) is 24.3 Å². The second kappa shape index (κ2) is 5.60. The van der Waals surface area contributed by atoms with E-state index in [0.29, 0.717) is 12.2 Å². The maximum atomic E-state index is 12.9. The predicted molar refractivity (Wildman–Crippen MR) is 84.3 cm³/mol. The summed E-state index contributed by atoms with van der Waals surface area (Å²) < 4.78 is 1.87. The number of ketones is 1. The quantitative estimate of drug-likeness (QED) is 0.918. The summed E-state index contributed by atoms with van der Waals surface area (Å²) in [5.41, 5.74) is 1.84. The Morgan fingerprint density at radius 1 is 1.43 bits per heavy atom. The first-order valence-corrected chi connectivity index (χ1v) is 7.81. The summed E-state index contributed by atoms with van der Waals surface area (Å²) in [6, 6.07) is 8.13. The highest BCUT2D eigenvalue weighted by atomic mass is 16.1. The number of hydrogen-bond donors (Lipinski definition) is 1. The number of carbonyl (C=O) groups is 1. The lowest BCUT2D eigenvalue weighted by molar-refractivity contribution is -0.127. The number of rotatable bonds is 5. The van der Waals surface area contributed by atoms with Gasteiger partial charge in [-0.3, -0.25) is 9.48 Å². The van der Waals surface area contributed by atoms with Crippen LogP contribution in [0.2, 0.25) is 0 Å². The van der Waals surface area contributed by atoms with Crippen LogP contribution in [0, 0.1) is 5.41 Å². The monoisotopic (exact) mass is 285 g/mol. The van der Waals surface area contributed by atoms with Crippen LogP contribution < -0.4 is 5.32 Å². The van der Waals surface area contributed by atoms with Gasteiger partial charge < -0.3 is 5.32 Å². The van der Waals surface area contributed by atoms with Crippen molar-refractivity contribution >= 4 is 16.7 Å². The SMILES string of the molecule is CCCC1(C(=O)Cc2nn(C)c3ccccc23)CCNC1. The van der Waals surface area contributed by atoms with Crippen LogP contribution >= 0.6 is 0 Å². The molecule has 1 aromatic heterocycles. The average Bonchev–Trinajstić information content (AvgIpc) is 3.07. The molecule has 0 saturated carbocycles. The van der Waals surface area contributed by atoms with Crippen molar-refractivity contribution in [1.29, 1.82) is 0 Å². The minimum Gasteiger partial charge on any atom is -0.316 e. The van der Waals surface area contributed by atoms with E-state index in [-0.39, 0.29) is 5.41 Å². The highest BCUT2D eigenvalue weighted by Gasteiger charge is 2.40. The third-order valence-electron chi connectivity index (χ3n) is 4.73. The number of fused-ring (bicyclic) bond motifs is 1. The summed E-state index contributed by atoms with van der Waals surface area (Å²) in [7, 11) is 1.94. The normalized spacial score (nSPS) is 22.0. The summed E-state index contributed by atoms with van der Waals surface area (Å²) in [6.45, 7) is 3.93. The minimum atomic E-state index is -0.173. The molecule has 3 rings (SSSR count). The maximum absolute atomic E-state index is 12.9. The molecule has 4 heteroatoms. The predicted octanol–water partition coefficient (Wildman–Crippen LogP) is 2.46. The summed E-state index contributed by atoms with van der Waals surface area (Å²) in [5.74, 6) is 0.346. The fourth-order valence-electron chi connectivity index (χ4n) is 3.57. The average molecular weight is 285 g/mol. The van der Waals surface area contributed by atoms with Crippen molar-refractivity contribution in [2.75, 3.05) is 13.1 Å². The van der Waals surface area contributed by atoms with Gasteiger partial charge in [-0.15, -0.1) is 0 Å². The van der Waals surface area contributed by atoms with Crippen molar-refractivity contribution in [1.82, 2.24) is 15.1 Å². The van der Waals surface area contributed by atoms with Gasteiger partial charge in [-0.1, -0.05) is 31.5 Å². The van der Waals surface area contributed by atoms with E-state index >= 15 is 0 Å². The van der Waals surface area contributed by atoms with E-state index in [1.54, 1.807) is 0 Å². The Hall–Kier alpha value is -1.68. The lowest BCUT2D eigenvalue weighted by Gasteiger charge is -2.25. The Morgan fingerprint density at radius 3 is 2.95 bits per heavy atom. The summed E-state index contributed by atoms with van der Waals surface area (Å²) >= 11 is 0.